The average Bonchev–Trinajstić information content (AvgIpc) is 3.39. The molecule has 1 amide bonds. The number of anilines is 1. The van der Waals surface area contributed by atoms with Crippen molar-refractivity contribution in [1.82, 2.24) is 20.2 Å². The Labute approximate surface area is 174 Å². The van der Waals surface area contributed by atoms with E-state index < -0.39 is 6.10 Å². The molecular formula is C22H23N5O3. The van der Waals surface area contributed by atoms with Gasteiger partial charge in [-0.25, -0.2) is 9.48 Å². The number of aliphatic hydroxyl groups excluding tert-OH is 1. The van der Waals surface area contributed by atoms with E-state index in [9.17, 15) is 9.90 Å². The summed E-state index contributed by atoms with van der Waals surface area (Å²) in [5, 5.41) is 21.4. The van der Waals surface area contributed by atoms with Gasteiger partial charge in [0.15, 0.2) is 5.82 Å². The Morgan fingerprint density at radius 3 is 2.93 bits per heavy atom. The number of hydrogen-bond acceptors (Lipinski definition) is 6. The molecule has 0 saturated carbocycles. The van der Waals surface area contributed by atoms with Crippen LogP contribution in [0.3, 0.4) is 0 Å². The molecule has 1 saturated heterocycles. The fourth-order valence-corrected chi connectivity index (χ4v) is 4.50. The summed E-state index contributed by atoms with van der Waals surface area (Å²) in [4.78, 5) is 13.9. The zero-order valence-electron chi connectivity index (χ0n) is 16.9. The Kier molecular flexibility index (Phi) is 4.51. The number of allylic oxidation sites excluding steroid dienone is 6. The Morgan fingerprint density at radius 2 is 2.17 bits per heavy atom. The summed E-state index contributed by atoms with van der Waals surface area (Å²) in [6.07, 6.45) is 9.23. The van der Waals surface area contributed by atoms with Gasteiger partial charge < -0.3 is 9.84 Å². The van der Waals surface area contributed by atoms with E-state index in [1.54, 1.807) is 9.58 Å². The molecule has 3 atom stereocenters. The molecule has 1 aromatic heterocycles. The quantitative estimate of drug-likeness (QED) is 0.843. The molecule has 3 unspecified atom stereocenters. The minimum absolute atomic E-state index is 0.134. The van der Waals surface area contributed by atoms with Gasteiger partial charge in [0.05, 0.1) is 18.3 Å². The van der Waals surface area contributed by atoms with Gasteiger partial charge in [-0.15, -0.1) is 5.10 Å². The van der Waals surface area contributed by atoms with Crippen LogP contribution in [0.5, 0.6) is 0 Å². The first-order valence-corrected chi connectivity index (χ1v) is 10.1. The SMILES string of the molecule is CC1CC=CC(c2ccc3c(c2)CC2C(CO)OC(=O)N32)=CC=C1c1nnnn1C. The van der Waals surface area contributed by atoms with E-state index >= 15 is 0 Å². The highest BCUT2D eigenvalue weighted by Crippen LogP contribution is 2.40. The standard InChI is InChI=1S/C22H23N5O3/c1-13-4-3-5-14(6-8-17(13)21-23-24-25-26(21)2)15-7-9-18-16(10-15)11-19-20(12-28)30-22(29)27(18)19/h3,5-10,13,19-20,28H,4,11-12H2,1-2H3. The summed E-state index contributed by atoms with van der Waals surface area (Å²) >= 11 is 0. The number of carbonyl (C=O) groups is 1. The molecule has 154 valence electrons. The third-order valence-electron chi connectivity index (χ3n) is 6.13. The number of benzene rings is 1. The lowest BCUT2D eigenvalue weighted by molar-refractivity contribution is 0.0830. The Bertz CT molecular complexity index is 1100. The number of aromatic nitrogens is 4. The van der Waals surface area contributed by atoms with Crippen molar-refractivity contribution in [2.75, 3.05) is 11.5 Å². The number of aliphatic hydroxyl groups is 1. The average molecular weight is 405 g/mol. The lowest BCUT2D eigenvalue weighted by Crippen LogP contribution is -2.34. The van der Waals surface area contributed by atoms with Crippen molar-refractivity contribution in [1.29, 1.82) is 0 Å². The van der Waals surface area contributed by atoms with Crippen molar-refractivity contribution in [3.8, 4) is 0 Å². The van der Waals surface area contributed by atoms with Crippen molar-refractivity contribution in [2.45, 2.75) is 31.9 Å². The van der Waals surface area contributed by atoms with Crippen LogP contribution >= 0.6 is 0 Å². The number of ether oxygens (including phenoxy) is 1. The number of tetrazole rings is 1. The third kappa shape index (κ3) is 2.95. The molecule has 0 spiro atoms. The molecule has 1 fully saturated rings. The van der Waals surface area contributed by atoms with Gasteiger partial charge in [-0.1, -0.05) is 37.3 Å². The summed E-state index contributed by atoms with van der Waals surface area (Å²) in [5.74, 6) is 1.08. The van der Waals surface area contributed by atoms with E-state index in [4.69, 9.17) is 4.74 Å². The predicted molar refractivity (Wildman–Crippen MR) is 111 cm³/mol. The minimum atomic E-state index is -0.471. The summed E-state index contributed by atoms with van der Waals surface area (Å²) < 4.78 is 6.96. The fourth-order valence-electron chi connectivity index (χ4n) is 4.50. The van der Waals surface area contributed by atoms with Gasteiger partial charge in [0.25, 0.3) is 0 Å². The first kappa shape index (κ1) is 18.7. The van der Waals surface area contributed by atoms with Crippen molar-refractivity contribution >= 4 is 22.9 Å². The van der Waals surface area contributed by atoms with Gasteiger partial charge in [0, 0.05) is 12.6 Å². The van der Waals surface area contributed by atoms with Crippen LogP contribution in [0.25, 0.3) is 11.1 Å². The Hall–Kier alpha value is -3.26. The van der Waals surface area contributed by atoms with Gasteiger partial charge in [-0.3, -0.25) is 4.90 Å². The lowest BCUT2D eigenvalue weighted by Gasteiger charge is -2.16. The van der Waals surface area contributed by atoms with Crippen molar-refractivity contribution in [3.05, 3.63) is 59.5 Å². The van der Waals surface area contributed by atoms with Crippen molar-refractivity contribution in [2.24, 2.45) is 13.0 Å². The lowest BCUT2D eigenvalue weighted by atomic mass is 9.91. The maximum absolute atomic E-state index is 12.2. The minimum Gasteiger partial charge on any atom is -0.441 e. The molecule has 1 N–H and O–H groups in total. The third-order valence-corrected chi connectivity index (χ3v) is 6.13. The van der Waals surface area contributed by atoms with Gasteiger partial charge in [-0.05, 0) is 58.0 Å². The number of amides is 1. The molecule has 3 heterocycles. The number of cyclic esters (lactones) is 1. The molecular weight excluding hydrogens is 382 g/mol. The number of carbonyl (C=O) groups excluding carboxylic acids is 1. The van der Waals surface area contributed by atoms with Crippen molar-refractivity contribution in [3.63, 3.8) is 0 Å². The number of rotatable bonds is 3. The van der Waals surface area contributed by atoms with Crippen LogP contribution in [-0.4, -0.2) is 50.2 Å². The molecule has 3 aliphatic rings. The summed E-state index contributed by atoms with van der Waals surface area (Å²) in [6.45, 7) is 2.01. The van der Waals surface area contributed by atoms with Crippen LogP contribution in [0, 0.1) is 5.92 Å². The van der Waals surface area contributed by atoms with Gasteiger partial charge in [-0.2, -0.15) is 0 Å². The van der Waals surface area contributed by atoms with Crippen LogP contribution in [-0.2, 0) is 18.2 Å². The number of hydrogen-bond donors (Lipinski definition) is 1. The second-order valence-electron chi connectivity index (χ2n) is 8.00. The first-order chi connectivity index (χ1) is 14.6. The van der Waals surface area contributed by atoms with Crippen LogP contribution in [0.15, 0.2) is 42.5 Å². The molecule has 2 aliphatic heterocycles. The largest absolute Gasteiger partial charge is 0.441 e. The van der Waals surface area contributed by atoms with Crippen molar-refractivity contribution < 1.29 is 14.6 Å². The highest BCUT2D eigenvalue weighted by Gasteiger charge is 2.47. The van der Waals surface area contributed by atoms with Crippen LogP contribution in [0.4, 0.5) is 10.5 Å². The van der Waals surface area contributed by atoms with Gasteiger partial charge >= 0.3 is 6.09 Å². The normalized spacial score (nSPS) is 25.2. The molecule has 8 heteroatoms. The topological polar surface area (TPSA) is 93.4 Å². The van der Waals surface area contributed by atoms with E-state index in [1.165, 1.54) is 0 Å². The fraction of sp³-hybridized carbons (Fsp3) is 0.364. The summed E-state index contributed by atoms with van der Waals surface area (Å²) in [6, 6.07) is 6.00. The van der Waals surface area contributed by atoms with Gasteiger partial charge in [0.2, 0.25) is 0 Å². The maximum atomic E-state index is 12.2. The summed E-state index contributed by atoms with van der Waals surface area (Å²) in [5.41, 5.74) is 5.24. The smallest absolute Gasteiger partial charge is 0.415 e. The molecule has 5 rings (SSSR count). The zero-order valence-corrected chi connectivity index (χ0v) is 16.9. The predicted octanol–water partition coefficient (Wildman–Crippen LogP) is 2.52. The highest BCUT2D eigenvalue weighted by molar-refractivity contribution is 5.94. The second-order valence-corrected chi connectivity index (χ2v) is 8.00. The monoisotopic (exact) mass is 405 g/mol. The second kappa shape index (κ2) is 7.21. The van der Waals surface area contributed by atoms with E-state index in [0.29, 0.717) is 12.3 Å². The Balaban J connectivity index is 1.50. The Morgan fingerprint density at radius 1 is 1.30 bits per heavy atom. The van der Waals surface area contributed by atoms with E-state index in [0.717, 1.165) is 40.2 Å². The van der Waals surface area contributed by atoms with E-state index in [2.05, 4.69) is 52.8 Å². The highest BCUT2D eigenvalue weighted by atomic mass is 16.6. The van der Waals surface area contributed by atoms with Crippen LogP contribution in [0.2, 0.25) is 0 Å². The molecule has 1 aliphatic carbocycles. The van der Waals surface area contributed by atoms with Gasteiger partial charge in [0.1, 0.15) is 6.10 Å². The molecule has 0 bridgehead atoms. The summed E-state index contributed by atoms with van der Waals surface area (Å²) in [7, 11) is 1.85. The zero-order chi connectivity index (χ0) is 20.8. The molecule has 1 aromatic carbocycles. The van der Waals surface area contributed by atoms with E-state index in [1.807, 2.05) is 19.2 Å². The number of fused-ring (bicyclic) bond motifs is 3. The van der Waals surface area contributed by atoms with Crippen LogP contribution < -0.4 is 4.90 Å². The van der Waals surface area contributed by atoms with E-state index in [-0.39, 0.29) is 18.7 Å². The van der Waals surface area contributed by atoms with Crippen LogP contribution in [0.1, 0.15) is 30.3 Å². The number of nitrogens with zero attached hydrogens (tertiary/aromatic N) is 5. The first-order valence-electron chi connectivity index (χ1n) is 10.1. The molecule has 30 heavy (non-hydrogen) atoms. The maximum Gasteiger partial charge on any atom is 0.415 e. The molecule has 2 aromatic rings. The molecule has 0 radical (unpaired) electrons. The molecule has 8 nitrogen and oxygen atoms in total. The number of aryl methyl sites for hydroxylation is 1.